The molecule has 0 bridgehead atoms. The van der Waals surface area contributed by atoms with Crippen molar-refractivity contribution in [3.8, 4) is 11.6 Å². The SMILES string of the molecule is C[Si](C)(C)CCOCn1ccnc1-c1ncc2cc(Cl)ccn12. The van der Waals surface area contributed by atoms with Crippen LogP contribution in [-0.4, -0.2) is 33.6 Å². The first kappa shape index (κ1) is 16.2. The van der Waals surface area contributed by atoms with Crippen LogP contribution in [-0.2, 0) is 11.5 Å². The van der Waals surface area contributed by atoms with E-state index in [0.717, 1.165) is 29.8 Å². The summed E-state index contributed by atoms with van der Waals surface area (Å²) >= 11 is 6.03. The van der Waals surface area contributed by atoms with E-state index in [0.29, 0.717) is 11.8 Å². The van der Waals surface area contributed by atoms with E-state index in [1.807, 2.05) is 33.5 Å². The Morgan fingerprint density at radius 2 is 2.00 bits per heavy atom. The monoisotopic (exact) mass is 348 g/mol. The maximum Gasteiger partial charge on any atom is 0.181 e. The van der Waals surface area contributed by atoms with Crippen LogP contribution in [0, 0.1) is 0 Å². The van der Waals surface area contributed by atoms with E-state index in [1.165, 1.54) is 0 Å². The van der Waals surface area contributed by atoms with Crippen LogP contribution in [0.5, 0.6) is 0 Å². The summed E-state index contributed by atoms with van der Waals surface area (Å²) in [7, 11) is -1.07. The zero-order valence-electron chi connectivity index (χ0n) is 13.7. The Morgan fingerprint density at radius 1 is 1.17 bits per heavy atom. The lowest BCUT2D eigenvalue weighted by atomic mass is 10.4. The average Bonchev–Trinajstić information content (AvgIpc) is 3.08. The van der Waals surface area contributed by atoms with E-state index < -0.39 is 8.07 Å². The first-order valence-electron chi connectivity index (χ1n) is 7.66. The molecule has 0 spiro atoms. The van der Waals surface area contributed by atoms with Gasteiger partial charge in [0.25, 0.3) is 0 Å². The fourth-order valence-electron chi connectivity index (χ4n) is 2.30. The molecule has 0 aromatic carbocycles. The van der Waals surface area contributed by atoms with Crippen molar-refractivity contribution in [3.05, 3.63) is 41.9 Å². The number of nitrogens with zero attached hydrogens (tertiary/aromatic N) is 4. The van der Waals surface area contributed by atoms with Crippen LogP contribution < -0.4 is 0 Å². The smallest absolute Gasteiger partial charge is 0.181 e. The van der Waals surface area contributed by atoms with E-state index in [9.17, 15) is 0 Å². The molecule has 0 atom stereocenters. The summed E-state index contributed by atoms with van der Waals surface area (Å²) in [4.78, 5) is 8.91. The number of ether oxygens (including phenoxy) is 1. The topological polar surface area (TPSA) is 44.3 Å². The molecule has 0 fully saturated rings. The Labute approximate surface area is 141 Å². The van der Waals surface area contributed by atoms with Gasteiger partial charge in [0.2, 0.25) is 0 Å². The molecule has 7 heteroatoms. The van der Waals surface area contributed by atoms with Crippen molar-refractivity contribution in [1.29, 1.82) is 0 Å². The molecule has 3 rings (SSSR count). The largest absolute Gasteiger partial charge is 0.361 e. The molecule has 0 amide bonds. The van der Waals surface area contributed by atoms with Crippen LogP contribution >= 0.6 is 11.6 Å². The van der Waals surface area contributed by atoms with Gasteiger partial charge in [0.05, 0.1) is 11.7 Å². The van der Waals surface area contributed by atoms with Gasteiger partial charge in [-0.05, 0) is 18.2 Å². The van der Waals surface area contributed by atoms with Crippen LogP contribution in [0.2, 0.25) is 30.7 Å². The number of pyridine rings is 1. The minimum absolute atomic E-state index is 0.488. The lowest BCUT2D eigenvalue weighted by molar-refractivity contribution is 0.0882. The van der Waals surface area contributed by atoms with Gasteiger partial charge in [0.15, 0.2) is 11.6 Å². The Hall–Kier alpha value is -1.63. The van der Waals surface area contributed by atoms with Crippen molar-refractivity contribution in [3.63, 3.8) is 0 Å². The molecule has 0 radical (unpaired) electrons. The van der Waals surface area contributed by atoms with E-state index in [4.69, 9.17) is 16.3 Å². The summed E-state index contributed by atoms with van der Waals surface area (Å²) in [5, 5.41) is 0.696. The Kier molecular flexibility index (Phi) is 4.56. The number of imidazole rings is 2. The van der Waals surface area contributed by atoms with Crippen LogP contribution in [0.15, 0.2) is 36.9 Å². The van der Waals surface area contributed by atoms with Gasteiger partial charge >= 0.3 is 0 Å². The van der Waals surface area contributed by atoms with Gasteiger partial charge in [-0.15, -0.1) is 0 Å². The molecule has 0 saturated heterocycles. The van der Waals surface area contributed by atoms with Crippen molar-refractivity contribution in [2.75, 3.05) is 6.61 Å². The minimum Gasteiger partial charge on any atom is -0.361 e. The zero-order valence-corrected chi connectivity index (χ0v) is 15.4. The Morgan fingerprint density at radius 3 is 2.78 bits per heavy atom. The van der Waals surface area contributed by atoms with E-state index >= 15 is 0 Å². The standard InChI is InChI=1S/C16H21ClN4OSi/c1-23(2,3)9-8-22-12-20-7-5-18-15(20)16-19-11-14-10-13(17)4-6-21(14)16/h4-7,10-11H,8-9,12H2,1-3H3. The van der Waals surface area contributed by atoms with E-state index in [2.05, 4.69) is 29.6 Å². The second-order valence-electron chi connectivity index (χ2n) is 6.79. The van der Waals surface area contributed by atoms with Gasteiger partial charge in [-0.1, -0.05) is 31.2 Å². The maximum atomic E-state index is 6.03. The number of rotatable bonds is 6. The third-order valence-corrected chi connectivity index (χ3v) is 5.58. The molecule has 0 saturated carbocycles. The summed E-state index contributed by atoms with van der Waals surface area (Å²) < 4.78 is 9.78. The van der Waals surface area contributed by atoms with Crippen LogP contribution in [0.4, 0.5) is 0 Å². The highest BCUT2D eigenvalue weighted by atomic mass is 35.5. The quantitative estimate of drug-likeness (QED) is 0.496. The van der Waals surface area contributed by atoms with E-state index in [1.54, 1.807) is 12.4 Å². The second kappa shape index (κ2) is 6.47. The fraction of sp³-hybridized carbons (Fsp3) is 0.375. The molecule has 3 heterocycles. The van der Waals surface area contributed by atoms with Crippen molar-refractivity contribution in [2.45, 2.75) is 32.4 Å². The predicted octanol–water partition coefficient (Wildman–Crippen LogP) is 4.16. The molecule has 122 valence electrons. The fourth-order valence-corrected chi connectivity index (χ4v) is 3.22. The average molecular weight is 349 g/mol. The molecule has 0 unspecified atom stereocenters. The van der Waals surface area contributed by atoms with Crippen molar-refractivity contribution in [2.24, 2.45) is 0 Å². The highest BCUT2D eigenvalue weighted by Gasteiger charge is 2.14. The van der Waals surface area contributed by atoms with Crippen LogP contribution in [0.1, 0.15) is 0 Å². The van der Waals surface area contributed by atoms with Gasteiger partial charge in [0.1, 0.15) is 6.73 Å². The van der Waals surface area contributed by atoms with Crippen LogP contribution in [0.25, 0.3) is 17.2 Å². The molecule has 0 aliphatic heterocycles. The van der Waals surface area contributed by atoms with Gasteiger partial charge in [-0.25, -0.2) is 9.97 Å². The highest BCUT2D eigenvalue weighted by molar-refractivity contribution is 6.76. The van der Waals surface area contributed by atoms with Crippen LogP contribution in [0.3, 0.4) is 0 Å². The first-order valence-corrected chi connectivity index (χ1v) is 11.7. The molecule has 0 aliphatic carbocycles. The van der Waals surface area contributed by atoms with Gasteiger partial charge in [-0.3, -0.25) is 4.40 Å². The number of hydrogen-bond donors (Lipinski definition) is 0. The van der Waals surface area contributed by atoms with Crippen molar-refractivity contribution >= 4 is 25.2 Å². The highest BCUT2D eigenvalue weighted by Crippen LogP contribution is 2.21. The molecule has 3 aromatic rings. The van der Waals surface area contributed by atoms with Gasteiger partial charge in [0, 0.05) is 38.3 Å². The number of aromatic nitrogens is 4. The summed E-state index contributed by atoms with van der Waals surface area (Å²) in [6.45, 7) is 8.32. The molecular weight excluding hydrogens is 328 g/mol. The molecular formula is C16H21ClN4OSi. The normalized spacial score (nSPS) is 12.2. The maximum absolute atomic E-state index is 6.03. The summed E-state index contributed by atoms with van der Waals surface area (Å²) in [6.07, 6.45) is 7.40. The summed E-state index contributed by atoms with van der Waals surface area (Å²) in [5.74, 6) is 1.58. The third kappa shape index (κ3) is 3.83. The third-order valence-electron chi connectivity index (χ3n) is 3.64. The Bertz CT molecular complexity index is 806. The molecule has 5 nitrogen and oxygen atoms in total. The summed E-state index contributed by atoms with van der Waals surface area (Å²) in [6, 6.07) is 4.88. The van der Waals surface area contributed by atoms with Gasteiger partial charge in [-0.2, -0.15) is 0 Å². The molecule has 23 heavy (non-hydrogen) atoms. The molecule has 3 aromatic heterocycles. The summed E-state index contributed by atoms with van der Waals surface area (Å²) in [5.41, 5.74) is 0.946. The molecule has 0 N–H and O–H groups in total. The molecule has 0 aliphatic rings. The van der Waals surface area contributed by atoms with E-state index in [-0.39, 0.29) is 0 Å². The Balaban J connectivity index is 1.77. The number of hydrogen-bond acceptors (Lipinski definition) is 3. The minimum atomic E-state index is -1.07. The first-order chi connectivity index (χ1) is 10.9. The van der Waals surface area contributed by atoms with Crippen molar-refractivity contribution < 1.29 is 4.74 Å². The predicted molar refractivity (Wildman–Crippen MR) is 95.5 cm³/mol. The number of halogens is 1. The van der Waals surface area contributed by atoms with Crippen molar-refractivity contribution in [1.82, 2.24) is 18.9 Å². The zero-order chi connectivity index (χ0) is 16.4. The lowest BCUT2D eigenvalue weighted by Gasteiger charge is -2.16. The second-order valence-corrected chi connectivity index (χ2v) is 12.8. The van der Waals surface area contributed by atoms with Gasteiger partial charge < -0.3 is 9.30 Å². The number of fused-ring (bicyclic) bond motifs is 1. The lowest BCUT2D eigenvalue weighted by Crippen LogP contribution is -2.22.